The second-order valence-corrected chi connectivity index (χ2v) is 14.4. The second kappa shape index (κ2) is 11.7. The molecule has 22 heavy (non-hydrogen) atoms. The van der Waals surface area contributed by atoms with Crippen LogP contribution in [0.5, 0.6) is 0 Å². The highest BCUT2D eigenvalue weighted by atomic mass is 28.3. The van der Waals surface area contributed by atoms with Gasteiger partial charge in [-0.15, -0.1) is 0 Å². The van der Waals surface area contributed by atoms with Crippen LogP contribution in [0, 0.1) is 0 Å². The molecule has 0 radical (unpaired) electrons. The average molecular weight is 329 g/mol. The molecule has 0 aliphatic rings. The molecule has 1 atom stereocenters. The fourth-order valence-electron chi connectivity index (χ4n) is 4.32. The van der Waals surface area contributed by atoms with Crippen LogP contribution in [0.1, 0.15) is 84.5 Å². The minimum atomic E-state index is -1.05. The number of rotatable bonds is 14. The van der Waals surface area contributed by atoms with E-state index in [1.165, 1.54) is 81.7 Å². The Hall–Kier alpha value is 0.177. The zero-order chi connectivity index (χ0) is 17.1. The summed E-state index contributed by atoms with van der Waals surface area (Å²) in [6.07, 6.45) is 15.8. The van der Waals surface area contributed by atoms with Gasteiger partial charge in [0.15, 0.2) is 0 Å². The quantitative estimate of drug-likeness (QED) is 0.190. The first kappa shape index (κ1) is 22.2. The van der Waals surface area contributed by atoms with Crippen molar-refractivity contribution in [2.24, 2.45) is 0 Å². The van der Waals surface area contributed by atoms with Gasteiger partial charge in [-0.3, -0.25) is 0 Å². The van der Waals surface area contributed by atoms with Gasteiger partial charge in [0.05, 0.1) is 26.3 Å². The van der Waals surface area contributed by atoms with Gasteiger partial charge in [-0.05, 0) is 19.3 Å². The maximum absolute atomic E-state index is 2.54. The highest BCUT2D eigenvalue weighted by Crippen LogP contribution is 2.23. The van der Waals surface area contributed by atoms with Crippen molar-refractivity contribution in [2.75, 3.05) is 20.6 Å². The van der Waals surface area contributed by atoms with E-state index in [-0.39, 0.29) is 0 Å². The van der Waals surface area contributed by atoms with Gasteiger partial charge < -0.3 is 4.48 Å². The topological polar surface area (TPSA) is 0 Å². The summed E-state index contributed by atoms with van der Waals surface area (Å²) >= 11 is 0. The highest BCUT2D eigenvalue weighted by Gasteiger charge is 2.37. The lowest BCUT2D eigenvalue weighted by Gasteiger charge is -2.44. The van der Waals surface area contributed by atoms with Crippen LogP contribution in [-0.2, 0) is 0 Å². The molecular weight excluding hydrogens is 282 g/mol. The van der Waals surface area contributed by atoms with Gasteiger partial charge in [-0.2, -0.15) is 0 Å². The maximum atomic E-state index is 2.54. The van der Waals surface area contributed by atoms with Crippen LogP contribution in [0.2, 0.25) is 19.6 Å². The van der Waals surface area contributed by atoms with Gasteiger partial charge in [0.2, 0.25) is 0 Å². The fourth-order valence-corrected chi connectivity index (χ4v) is 7.77. The van der Waals surface area contributed by atoms with Crippen molar-refractivity contribution >= 4 is 8.07 Å². The summed E-state index contributed by atoms with van der Waals surface area (Å²) in [7, 11) is 3.90. The molecule has 1 nitrogen and oxygen atoms in total. The van der Waals surface area contributed by atoms with Gasteiger partial charge >= 0.3 is 0 Å². The molecule has 0 aliphatic heterocycles. The largest absolute Gasteiger partial charge is 0.330 e. The van der Waals surface area contributed by atoms with E-state index in [4.69, 9.17) is 0 Å². The molecule has 0 aromatic rings. The molecule has 0 amide bonds. The molecule has 0 saturated carbocycles. The number of unbranched alkanes of at least 4 members (excludes halogenated alkanes) is 9. The summed E-state index contributed by atoms with van der Waals surface area (Å²) in [5, 5.41) is 0. The molecule has 2 heteroatoms. The van der Waals surface area contributed by atoms with Crippen molar-refractivity contribution in [1.82, 2.24) is 0 Å². The van der Waals surface area contributed by atoms with Crippen molar-refractivity contribution in [1.29, 1.82) is 0 Å². The smallest absolute Gasteiger partial charge is 0.114 e. The number of hydrogen-bond acceptors (Lipinski definition) is 0. The lowest BCUT2D eigenvalue weighted by atomic mass is 10.1. The van der Waals surface area contributed by atoms with Gasteiger partial charge in [-0.1, -0.05) is 84.9 Å². The Morgan fingerprint density at radius 1 is 0.682 bits per heavy atom. The molecule has 0 bridgehead atoms. The van der Waals surface area contributed by atoms with Crippen LogP contribution >= 0.6 is 0 Å². The first-order valence-corrected chi connectivity index (χ1v) is 13.7. The third-order valence-electron chi connectivity index (χ3n) is 5.32. The van der Waals surface area contributed by atoms with Gasteiger partial charge in [0.1, 0.15) is 8.07 Å². The molecule has 0 heterocycles. The molecule has 134 valence electrons. The molecule has 0 spiro atoms. The monoisotopic (exact) mass is 328 g/mol. The Balaban J connectivity index is 3.73. The van der Waals surface area contributed by atoms with E-state index in [1.807, 2.05) is 0 Å². The van der Waals surface area contributed by atoms with E-state index >= 15 is 0 Å². The summed E-state index contributed by atoms with van der Waals surface area (Å²) in [6.45, 7) is 13.7. The van der Waals surface area contributed by atoms with Crippen LogP contribution in [0.15, 0.2) is 0 Å². The molecule has 0 aromatic carbocycles. The van der Waals surface area contributed by atoms with Crippen LogP contribution < -0.4 is 0 Å². The predicted octanol–water partition coefficient (Wildman–Crippen LogP) is 6.64. The van der Waals surface area contributed by atoms with Crippen molar-refractivity contribution in [3.8, 4) is 0 Å². The number of hydrogen-bond donors (Lipinski definition) is 0. The molecule has 0 N–H and O–H groups in total. The lowest BCUT2D eigenvalue weighted by molar-refractivity contribution is -0.904. The number of quaternary nitrogens is 1. The van der Waals surface area contributed by atoms with E-state index in [0.29, 0.717) is 0 Å². The maximum Gasteiger partial charge on any atom is 0.114 e. The van der Waals surface area contributed by atoms with Crippen LogP contribution in [0.3, 0.4) is 0 Å². The minimum absolute atomic E-state index is 0.908. The van der Waals surface area contributed by atoms with E-state index in [0.717, 1.165) is 5.67 Å². The summed E-state index contributed by atoms with van der Waals surface area (Å²) in [5.41, 5.74) is 0.908. The van der Waals surface area contributed by atoms with Crippen LogP contribution in [0.4, 0.5) is 0 Å². The minimum Gasteiger partial charge on any atom is -0.330 e. The summed E-state index contributed by atoms with van der Waals surface area (Å²) in [4.78, 5) is 0. The molecule has 0 aliphatic carbocycles. The Labute approximate surface area is 143 Å². The predicted molar refractivity (Wildman–Crippen MR) is 106 cm³/mol. The zero-order valence-electron chi connectivity index (χ0n) is 17.0. The van der Waals surface area contributed by atoms with E-state index in [1.54, 1.807) is 0 Å². The SMILES string of the molecule is CCCCCCCCCCCC[N+](C)(C)C(CC)[Si](C)(C)C. The first-order chi connectivity index (χ1) is 10.3. The van der Waals surface area contributed by atoms with Gasteiger partial charge in [-0.25, -0.2) is 0 Å². The summed E-state index contributed by atoms with van der Waals surface area (Å²) < 4.78 is 1.25. The van der Waals surface area contributed by atoms with Crippen molar-refractivity contribution in [2.45, 2.75) is 110 Å². The molecule has 1 unspecified atom stereocenters. The average Bonchev–Trinajstić information content (AvgIpc) is 2.39. The van der Waals surface area contributed by atoms with Gasteiger partial charge in [0, 0.05) is 0 Å². The third-order valence-corrected chi connectivity index (χ3v) is 8.42. The van der Waals surface area contributed by atoms with Gasteiger partial charge in [0.25, 0.3) is 0 Å². The molecule has 0 saturated heterocycles. The second-order valence-electron chi connectivity index (χ2n) is 8.97. The van der Waals surface area contributed by atoms with E-state index in [2.05, 4.69) is 47.6 Å². The Bertz CT molecular complexity index is 255. The Morgan fingerprint density at radius 2 is 1.09 bits per heavy atom. The standard InChI is InChI=1S/C20H46NSi/c1-8-10-11-12-13-14-15-16-17-18-19-21(3,4)20(9-2)22(5,6)7/h20H,8-19H2,1-7H3/q+1. The molecule has 0 rings (SSSR count). The highest BCUT2D eigenvalue weighted by molar-refractivity contribution is 6.77. The van der Waals surface area contributed by atoms with Crippen molar-refractivity contribution in [3.05, 3.63) is 0 Å². The van der Waals surface area contributed by atoms with E-state index < -0.39 is 8.07 Å². The molecular formula is C20H46NSi+. The first-order valence-electron chi connectivity index (χ1n) is 10.1. The molecule has 0 aromatic heterocycles. The van der Waals surface area contributed by atoms with E-state index in [9.17, 15) is 0 Å². The van der Waals surface area contributed by atoms with Crippen molar-refractivity contribution < 1.29 is 4.48 Å². The zero-order valence-corrected chi connectivity index (χ0v) is 18.0. The third kappa shape index (κ3) is 10.0. The van der Waals surface area contributed by atoms with Crippen LogP contribution in [-0.4, -0.2) is 38.9 Å². The summed E-state index contributed by atoms with van der Waals surface area (Å²) in [5.74, 6) is 0. The Kier molecular flexibility index (Phi) is 11.8. The van der Waals surface area contributed by atoms with Crippen molar-refractivity contribution in [3.63, 3.8) is 0 Å². The summed E-state index contributed by atoms with van der Waals surface area (Å²) in [6, 6.07) is 0. The normalized spacial score (nSPS) is 14.3. The number of nitrogens with zero attached hydrogens (tertiary/aromatic N) is 1. The fraction of sp³-hybridized carbons (Fsp3) is 1.00. The lowest BCUT2D eigenvalue weighted by Crippen LogP contribution is -2.59. The van der Waals surface area contributed by atoms with Crippen LogP contribution in [0.25, 0.3) is 0 Å². The Morgan fingerprint density at radius 3 is 1.45 bits per heavy atom. The molecule has 0 fully saturated rings.